The van der Waals surface area contributed by atoms with Gasteiger partial charge in [0.05, 0.1) is 11.0 Å². The van der Waals surface area contributed by atoms with Crippen molar-refractivity contribution in [2.24, 2.45) is 23.7 Å². The third-order valence-electron chi connectivity index (χ3n) is 6.10. The first-order valence-corrected chi connectivity index (χ1v) is 10.3. The zero-order chi connectivity index (χ0) is 20.3. The summed E-state index contributed by atoms with van der Waals surface area (Å²) < 4.78 is 4.92. The largest absolute Gasteiger partial charge is 0.375 e. The summed E-state index contributed by atoms with van der Waals surface area (Å²) in [6, 6.07) is 6.27. The van der Waals surface area contributed by atoms with Crippen LogP contribution in [0.4, 0.5) is 0 Å². The van der Waals surface area contributed by atoms with Crippen LogP contribution in [-0.4, -0.2) is 36.1 Å². The maximum absolute atomic E-state index is 11.8. The normalized spacial score (nSPS) is 22.5. The first kappa shape index (κ1) is 20.6. The van der Waals surface area contributed by atoms with E-state index in [9.17, 15) is 4.79 Å². The Kier molecular flexibility index (Phi) is 6.55. The zero-order valence-corrected chi connectivity index (χ0v) is 17.7. The smallest absolute Gasteiger partial charge is 0.246 e. The molecule has 0 spiro atoms. The Bertz CT molecular complexity index is 853. The molecule has 2 N–H and O–H groups in total. The third-order valence-corrected chi connectivity index (χ3v) is 6.10. The van der Waals surface area contributed by atoms with Crippen LogP contribution in [0.25, 0.3) is 11.0 Å². The summed E-state index contributed by atoms with van der Waals surface area (Å²) in [5.41, 5.74) is 4.81. The lowest BCUT2D eigenvalue weighted by atomic mass is 9.70. The van der Waals surface area contributed by atoms with Gasteiger partial charge < -0.3 is 15.0 Å². The lowest BCUT2D eigenvalue weighted by Crippen LogP contribution is -2.38. The second-order valence-electron chi connectivity index (χ2n) is 8.51. The monoisotopic (exact) mass is 383 g/mol. The number of allylic oxidation sites excluding steroid dienone is 1. The standard InChI is InChI=1S/C23H33N3O2/c1-14(2)19-10-17(16(4)9-18(19)12-24-22(27)13-28-5)11-21-25-20-8-6-7-15(3)23(20)26-21/h6-9,14,17-19H,10-13H2,1-5H3,(H,24,27)(H,25,26)/t17-,18-,19-/m0/s1. The van der Waals surface area contributed by atoms with Gasteiger partial charge in [-0.25, -0.2) is 4.98 Å². The summed E-state index contributed by atoms with van der Waals surface area (Å²) >= 11 is 0. The second-order valence-corrected chi connectivity index (χ2v) is 8.51. The predicted octanol–water partition coefficient (Wildman–Crippen LogP) is 4.03. The summed E-state index contributed by atoms with van der Waals surface area (Å²) in [7, 11) is 1.55. The molecule has 3 atom stereocenters. The number of rotatable bonds is 7. The molecule has 0 bridgehead atoms. The number of aromatic amines is 1. The van der Waals surface area contributed by atoms with E-state index in [4.69, 9.17) is 9.72 Å². The zero-order valence-electron chi connectivity index (χ0n) is 17.7. The molecule has 152 valence electrons. The molecule has 1 aliphatic carbocycles. The van der Waals surface area contributed by atoms with Crippen LogP contribution in [0.5, 0.6) is 0 Å². The number of nitrogens with one attached hydrogen (secondary N) is 2. The number of hydrogen-bond donors (Lipinski definition) is 2. The predicted molar refractivity (Wildman–Crippen MR) is 113 cm³/mol. The van der Waals surface area contributed by atoms with Crippen molar-refractivity contribution < 1.29 is 9.53 Å². The second kappa shape index (κ2) is 8.91. The van der Waals surface area contributed by atoms with E-state index in [1.54, 1.807) is 7.11 Å². The highest BCUT2D eigenvalue weighted by Crippen LogP contribution is 2.38. The van der Waals surface area contributed by atoms with Crippen LogP contribution in [0.15, 0.2) is 29.8 Å². The lowest BCUT2D eigenvalue weighted by molar-refractivity contribution is -0.124. The molecule has 0 saturated heterocycles. The molecular weight excluding hydrogens is 350 g/mol. The van der Waals surface area contributed by atoms with Gasteiger partial charge in [0.1, 0.15) is 12.4 Å². The minimum Gasteiger partial charge on any atom is -0.375 e. The molecular formula is C23H33N3O2. The van der Waals surface area contributed by atoms with Gasteiger partial charge in [0.2, 0.25) is 5.91 Å². The van der Waals surface area contributed by atoms with Crippen LogP contribution in [0, 0.1) is 30.6 Å². The SMILES string of the molecule is COCC(=O)NC[C@@H]1C=C(C)[C@H](Cc2nc3c(C)cccc3[nH]2)C[C@H]1C(C)C. The average molecular weight is 384 g/mol. The van der Waals surface area contributed by atoms with Gasteiger partial charge in [-0.2, -0.15) is 0 Å². The number of ether oxygens (including phenoxy) is 1. The number of aromatic nitrogens is 2. The van der Waals surface area contributed by atoms with Gasteiger partial charge in [0.15, 0.2) is 0 Å². The van der Waals surface area contributed by atoms with Crippen molar-refractivity contribution in [2.45, 2.75) is 40.5 Å². The van der Waals surface area contributed by atoms with Crippen LogP contribution in [0.3, 0.4) is 0 Å². The summed E-state index contributed by atoms with van der Waals surface area (Å²) in [5, 5.41) is 3.02. The van der Waals surface area contributed by atoms with E-state index < -0.39 is 0 Å². The highest BCUT2D eigenvalue weighted by Gasteiger charge is 2.32. The molecule has 3 rings (SSSR count). The Morgan fingerprint density at radius 2 is 2.14 bits per heavy atom. The van der Waals surface area contributed by atoms with E-state index in [-0.39, 0.29) is 12.5 Å². The molecule has 1 aromatic carbocycles. The Balaban J connectivity index is 1.74. The molecule has 0 aliphatic heterocycles. The molecule has 1 amide bonds. The fourth-order valence-electron chi connectivity index (χ4n) is 4.48. The van der Waals surface area contributed by atoms with Gasteiger partial charge in [-0.3, -0.25) is 4.79 Å². The van der Waals surface area contributed by atoms with E-state index in [1.807, 2.05) is 0 Å². The van der Waals surface area contributed by atoms with Crippen molar-refractivity contribution >= 4 is 16.9 Å². The van der Waals surface area contributed by atoms with Gasteiger partial charge in [-0.15, -0.1) is 0 Å². The van der Waals surface area contributed by atoms with E-state index in [2.05, 4.69) is 62.3 Å². The Morgan fingerprint density at radius 1 is 1.36 bits per heavy atom. The molecule has 5 heteroatoms. The number of benzene rings is 1. The molecule has 1 aromatic heterocycles. The number of aryl methyl sites for hydroxylation is 1. The van der Waals surface area contributed by atoms with E-state index in [0.29, 0.717) is 30.2 Å². The molecule has 0 saturated carbocycles. The molecule has 1 heterocycles. The number of H-pyrrole nitrogens is 1. The van der Waals surface area contributed by atoms with Crippen LogP contribution < -0.4 is 5.32 Å². The number of carbonyl (C=O) groups is 1. The number of nitrogens with zero attached hydrogens (tertiary/aromatic N) is 1. The molecule has 0 fully saturated rings. The maximum Gasteiger partial charge on any atom is 0.246 e. The number of amides is 1. The molecule has 0 radical (unpaired) electrons. The summed E-state index contributed by atoms with van der Waals surface area (Å²) in [4.78, 5) is 20.2. The average Bonchev–Trinajstić information content (AvgIpc) is 3.06. The molecule has 28 heavy (non-hydrogen) atoms. The molecule has 1 aliphatic rings. The van der Waals surface area contributed by atoms with Gasteiger partial charge in [-0.1, -0.05) is 37.6 Å². The molecule has 0 unspecified atom stereocenters. The van der Waals surface area contributed by atoms with Gasteiger partial charge in [-0.05, 0) is 55.6 Å². The van der Waals surface area contributed by atoms with Gasteiger partial charge >= 0.3 is 0 Å². The maximum atomic E-state index is 11.8. The molecule has 2 aromatic rings. The third kappa shape index (κ3) is 4.64. The van der Waals surface area contributed by atoms with Crippen LogP contribution in [0.1, 0.15) is 38.6 Å². The number of carbonyl (C=O) groups excluding carboxylic acids is 1. The van der Waals surface area contributed by atoms with Crippen molar-refractivity contribution in [3.8, 4) is 0 Å². The summed E-state index contributed by atoms with van der Waals surface area (Å²) in [6.07, 6.45) is 4.43. The first-order chi connectivity index (χ1) is 13.4. The van der Waals surface area contributed by atoms with Crippen molar-refractivity contribution in [3.63, 3.8) is 0 Å². The van der Waals surface area contributed by atoms with E-state index in [1.165, 1.54) is 11.1 Å². The Morgan fingerprint density at radius 3 is 2.82 bits per heavy atom. The van der Waals surface area contributed by atoms with E-state index >= 15 is 0 Å². The Labute approximate surface area is 168 Å². The lowest BCUT2D eigenvalue weighted by Gasteiger charge is -2.37. The minimum absolute atomic E-state index is 0.0455. The highest BCUT2D eigenvalue weighted by atomic mass is 16.5. The number of hydrogen-bond acceptors (Lipinski definition) is 3. The van der Waals surface area contributed by atoms with Crippen molar-refractivity contribution in [1.29, 1.82) is 0 Å². The topological polar surface area (TPSA) is 67.0 Å². The van der Waals surface area contributed by atoms with Crippen LogP contribution >= 0.6 is 0 Å². The Hall–Kier alpha value is -2.14. The molecule has 5 nitrogen and oxygen atoms in total. The number of fused-ring (bicyclic) bond motifs is 1. The number of imidazole rings is 1. The van der Waals surface area contributed by atoms with Crippen molar-refractivity contribution in [3.05, 3.63) is 41.2 Å². The van der Waals surface area contributed by atoms with Crippen molar-refractivity contribution in [1.82, 2.24) is 15.3 Å². The number of para-hydroxylation sites is 1. The number of methoxy groups -OCH3 is 1. The van der Waals surface area contributed by atoms with Crippen LogP contribution in [-0.2, 0) is 16.0 Å². The fraction of sp³-hybridized carbons (Fsp3) is 0.565. The van der Waals surface area contributed by atoms with E-state index in [0.717, 1.165) is 29.7 Å². The highest BCUT2D eigenvalue weighted by molar-refractivity contribution is 5.78. The summed E-state index contributed by atoms with van der Waals surface area (Å²) in [5.74, 6) is 2.98. The van der Waals surface area contributed by atoms with Gasteiger partial charge in [0.25, 0.3) is 0 Å². The fourth-order valence-corrected chi connectivity index (χ4v) is 4.48. The van der Waals surface area contributed by atoms with Crippen molar-refractivity contribution in [2.75, 3.05) is 20.3 Å². The quantitative estimate of drug-likeness (QED) is 0.710. The van der Waals surface area contributed by atoms with Crippen LogP contribution in [0.2, 0.25) is 0 Å². The first-order valence-electron chi connectivity index (χ1n) is 10.3. The van der Waals surface area contributed by atoms with Gasteiger partial charge in [0, 0.05) is 20.1 Å². The summed E-state index contributed by atoms with van der Waals surface area (Å²) in [6.45, 7) is 9.69. The minimum atomic E-state index is -0.0455.